The van der Waals surface area contributed by atoms with Gasteiger partial charge >= 0.3 is 0 Å². The third kappa shape index (κ3) is 4.31. The minimum atomic E-state index is -0.799. The van der Waals surface area contributed by atoms with Crippen molar-refractivity contribution in [3.05, 3.63) is 62.0 Å². The lowest BCUT2D eigenvalue weighted by Gasteiger charge is -2.26. The standard InChI is InChI=1S/C19H20ClN3O4/c1-10-5-6-13(20)16(7-10)27-9-17(24)22-14-3-2-4-15-11(14)8-12(18(21)25)19(26)23-15/h5-8,14H,2-4,9H2,1H3,(H2,21,25)(H,22,24)(H,23,26). The maximum atomic E-state index is 12.3. The van der Waals surface area contributed by atoms with Crippen molar-refractivity contribution in [2.45, 2.75) is 32.2 Å². The second kappa shape index (κ2) is 7.84. The number of hydrogen-bond donors (Lipinski definition) is 3. The van der Waals surface area contributed by atoms with E-state index in [1.54, 1.807) is 12.1 Å². The largest absolute Gasteiger partial charge is 0.482 e. The number of aromatic amines is 1. The number of carbonyl (C=O) groups is 2. The number of carbonyl (C=O) groups excluding carboxylic acids is 2. The van der Waals surface area contributed by atoms with Crippen LogP contribution >= 0.6 is 11.6 Å². The number of halogens is 1. The van der Waals surface area contributed by atoms with E-state index in [4.69, 9.17) is 22.1 Å². The number of aromatic nitrogens is 1. The van der Waals surface area contributed by atoms with Crippen molar-refractivity contribution in [1.82, 2.24) is 10.3 Å². The van der Waals surface area contributed by atoms with Crippen LogP contribution < -0.4 is 21.3 Å². The van der Waals surface area contributed by atoms with Gasteiger partial charge in [0.15, 0.2) is 6.61 Å². The molecular weight excluding hydrogens is 370 g/mol. The summed E-state index contributed by atoms with van der Waals surface area (Å²) in [5, 5.41) is 3.31. The predicted octanol–water partition coefficient (Wildman–Crippen LogP) is 2.01. The molecule has 0 saturated heterocycles. The number of nitrogens with two attached hydrogens (primary N) is 1. The van der Waals surface area contributed by atoms with Gasteiger partial charge in [-0.1, -0.05) is 17.7 Å². The Morgan fingerprint density at radius 2 is 2.15 bits per heavy atom. The molecule has 1 aromatic heterocycles. The van der Waals surface area contributed by atoms with E-state index in [0.717, 1.165) is 12.0 Å². The van der Waals surface area contributed by atoms with Crippen LogP contribution in [0.1, 0.15) is 46.1 Å². The summed E-state index contributed by atoms with van der Waals surface area (Å²) in [5.41, 5.74) is 7.02. The molecule has 1 heterocycles. The lowest BCUT2D eigenvalue weighted by molar-refractivity contribution is -0.123. The second-order valence-corrected chi connectivity index (χ2v) is 6.95. The number of primary amides is 1. The van der Waals surface area contributed by atoms with E-state index in [2.05, 4.69) is 10.3 Å². The summed E-state index contributed by atoms with van der Waals surface area (Å²) in [5.74, 6) is -0.680. The second-order valence-electron chi connectivity index (χ2n) is 6.55. The molecule has 1 atom stereocenters. The minimum absolute atomic E-state index is 0.113. The third-order valence-electron chi connectivity index (χ3n) is 4.50. The molecule has 2 aromatic rings. The lowest BCUT2D eigenvalue weighted by Crippen LogP contribution is -2.36. The van der Waals surface area contributed by atoms with E-state index in [1.807, 2.05) is 13.0 Å². The highest BCUT2D eigenvalue weighted by Crippen LogP contribution is 2.28. The first-order valence-corrected chi connectivity index (χ1v) is 8.97. The van der Waals surface area contributed by atoms with Gasteiger partial charge in [-0.15, -0.1) is 0 Å². The molecule has 142 valence electrons. The average molecular weight is 390 g/mol. The lowest BCUT2D eigenvalue weighted by atomic mass is 9.90. The number of rotatable bonds is 5. The summed E-state index contributed by atoms with van der Waals surface area (Å²) in [6.07, 6.45) is 2.16. The van der Waals surface area contributed by atoms with Gasteiger partial charge in [0.1, 0.15) is 11.3 Å². The Hall–Kier alpha value is -2.80. The van der Waals surface area contributed by atoms with Gasteiger partial charge < -0.3 is 20.8 Å². The highest BCUT2D eigenvalue weighted by atomic mass is 35.5. The van der Waals surface area contributed by atoms with Gasteiger partial charge in [-0.05, 0) is 55.5 Å². The highest BCUT2D eigenvalue weighted by Gasteiger charge is 2.25. The summed E-state index contributed by atoms with van der Waals surface area (Å²) in [4.78, 5) is 38.4. The Bertz CT molecular complexity index is 954. The number of benzene rings is 1. The summed E-state index contributed by atoms with van der Waals surface area (Å²) >= 11 is 6.07. The van der Waals surface area contributed by atoms with Crippen LogP contribution in [0.2, 0.25) is 5.02 Å². The van der Waals surface area contributed by atoms with Gasteiger partial charge in [0, 0.05) is 5.69 Å². The van der Waals surface area contributed by atoms with Crippen LogP contribution in [0.5, 0.6) is 5.75 Å². The van der Waals surface area contributed by atoms with Crippen LogP contribution in [0.15, 0.2) is 29.1 Å². The molecule has 0 saturated carbocycles. The molecule has 0 radical (unpaired) electrons. The Morgan fingerprint density at radius 1 is 1.37 bits per heavy atom. The molecule has 0 spiro atoms. The number of aryl methyl sites for hydroxylation is 2. The van der Waals surface area contributed by atoms with Crippen molar-refractivity contribution < 1.29 is 14.3 Å². The van der Waals surface area contributed by atoms with Crippen molar-refractivity contribution >= 4 is 23.4 Å². The normalized spacial score (nSPS) is 15.7. The average Bonchev–Trinajstić information content (AvgIpc) is 2.62. The predicted molar refractivity (Wildman–Crippen MR) is 101 cm³/mol. The molecule has 0 aliphatic heterocycles. The fraction of sp³-hybridized carbons (Fsp3) is 0.316. The fourth-order valence-corrected chi connectivity index (χ4v) is 3.35. The van der Waals surface area contributed by atoms with Crippen molar-refractivity contribution in [3.8, 4) is 5.75 Å². The number of hydrogen-bond acceptors (Lipinski definition) is 4. The Labute approximate surface area is 160 Å². The Kier molecular flexibility index (Phi) is 5.51. The number of H-pyrrole nitrogens is 1. The van der Waals surface area contributed by atoms with Gasteiger partial charge in [-0.2, -0.15) is 0 Å². The monoisotopic (exact) mass is 389 g/mol. The van der Waals surface area contributed by atoms with Gasteiger partial charge in [0.25, 0.3) is 17.4 Å². The zero-order valence-electron chi connectivity index (χ0n) is 14.8. The van der Waals surface area contributed by atoms with E-state index < -0.39 is 11.5 Å². The molecule has 1 aliphatic rings. The van der Waals surface area contributed by atoms with Crippen LogP contribution in [0.25, 0.3) is 0 Å². The van der Waals surface area contributed by atoms with Gasteiger partial charge in [0.05, 0.1) is 11.1 Å². The number of nitrogens with one attached hydrogen (secondary N) is 2. The number of pyridine rings is 1. The summed E-state index contributed by atoms with van der Waals surface area (Å²) in [6, 6.07) is 6.47. The first kappa shape index (κ1) is 19.0. The van der Waals surface area contributed by atoms with Crippen molar-refractivity contribution in [3.63, 3.8) is 0 Å². The quantitative estimate of drug-likeness (QED) is 0.725. The fourth-order valence-electron chi connectivity index (χ4n) is 3.17. The highest BCUT2D eigenvalue weighted by molar-refractivity contribution is 6.32. The summed E-state index contributed by atoms with van der Waals surface area (Å²) < 4.78 is 5.51. The van der Waals surface area contributed by atoms with Crippen LogP contribution in [-0.4, -0.2) is 23.4 Å². The van der Waals surface area contributed by atoms with E-state index >= 15 is 0 Å². The van der Waals surface area contributed by atoms with E-state index in [0.29, 0.717) is 34.9 Å². The first-order valence-electron chi connectivity index (χ1n) is 8.59. The molecule has 1 unspecified atom stereocenters. The molecule has 0 bridgehead atoms. The minimum Gasteiger partial charge on any atom is -0.482 e. The number of fused-ring (bicyclic) bond motifs is 1. The number of ether oxygens (including phenoxy) is 1. The molecule has 3 rings (SSSR count). The SMILES string of the molecule is Cc1ccc(Cl)c(OCC(=O)NC2CCCc3[nH]c(=O)c(C(N)=O)cc32)c1. The van der Waals surface area contributed by atoms with Crippen LogP contribution in [-0.2, 0) is 11.2 Å². The summed E-state index contributed by atoms with van der Waals surface area (Å²) in [7, 11) is 0. The van der Waals surface area contributed by atoms with Gasteiger partial charge in [0.2, 0.25) is 0 Å². The van der Waals surface area contributed by atoms with Crippen molar-refractivity contribution in [2.75, 3.05) is 6.61 Å². The van der Waals surface area contributed by atoms with Crippen LogP contribution in [0.4, 0.5) is 0 Å². The molecule has 1 aliphatic carbocycles. The first-order chi connectivity index (χ1) is 12.8. The zero-order chi connectivity index (χ0) is 19.6. The molecule has 7 nitrogen and oxygen atoms in total. The number of amides is 2. The Morgan fingerprint density at radius 3 is 2.89 bits per heavy atom. The van der Waals surface area contributed by atoms with Gasteiger partial charge in [-0.3, -0.25) is 14.4 Å². The van der Waals surface area contributed by atoms with Crippen molar-refractivity contribution in [1.29, 1.82) is 0 Å². The summed E-state index contributed by atoms with van der Waals surface area (Å²) in [6.45, 7) is 1.71. The van der Waals surface area contributed by atoms with Crippen molar-refractivity contribution in [2.24, 2.45) is 5.73 Å². The third-order valence-corrected chi connectivity index (χ3v) is 4.81. The molecule has 27 heavy (non-hydrogen) atoms. The molecule has 8 heteroatoms. The van der Waals surface area contributed by atoms with Crippen LogP contribution in [0, 0.1) is 6.92 Å². The zero-order valence-corrected chi connectivity index (χ0v) is 15.6. The smallest absolute Gasteiger partial charge is 0.261 e. The van der Waals surface area contributed by atoms with Crippen LogP contribution in [0.3, 0.4) is 0 Å². The molecule has 0 fully saturated rings. The van der Waals surface area contributed by atoms with E-state index in [-0.39, 0.29) is 24.1 Å². The topological polar surface area (TPSA) is 114 Å². The molecule has 1 aromatic carbocycles. The van der Waals surface area contributed by atoms with E-state index in [1.165, 1.54) is 6.07 Å². The Balaban J connectivity index is 1.72. The molecular formula is C19H20ClN3O4. The molecule has 2 amide bonds. The maximum absolute atomic E-state index is 12.3. The maximum Gasteiger partial charge on any atom is 0.261 e. The molecule has 4 N–H and O–H groups in total. The van der Waals surface area contributed by atoms with E-state index in [9.17, 15) is 14.4 Å². The van der Waals surface area contributed by atoms with Gasteiger partial charge in [-0.25, -0.2) is 0 Å².